The van der Waals surface area contributed by atoms with Crippen molar-refractivity contribution in [2.75, 3.05) is 5.32 Å². The van der Waals surface area contributed by atoms with Crippen molar-refractivity contribution in [1.82, 2.24) is 15.6 Å². The van der Waals surface area contributed by atoms with Gasteiger partial charge in [0.25, 0.3) is 5.91 Å². The Morgan fingerprint density at radius 1 is 0.889 bits per heavy atom. The van der Waals surface area contributed by atoms with Crippen molar-refractivity contribution in [1.29, 1.82) is 0 Å². The van der Waals surface area contributed by atoms with E-state index in [9.17, 15) is 4.79 Å². The number of amides is 1. The lowest BCUT2D eigenvalue weighted by Crippen LogP contribution is -2.46. The summed E-state index contributed by atoms with van der Waals surface area (Å²) in [6.07, 6.45) is 1.64. The Balaban J connectivity index is 1.57. The zero-order chi connectivity index (χ0) is 24.7. The summed E-state index contributed by atoms with van der Waals surface area (Å²) in [5.41, 5.74) is 3.82. The average Bonchev–Trinajstić information content (AvgIpc) is 2.93. The number of carbonyl (C=O) groups excluding carboxylic acids is 1. The Labute approximate surface area is 215 Å². The van der Waals surface area contributed by atoms with Crippen LogP contribution in [-0.2, 0) is 11.4 Å². The first-order valence-electron chi connectivity index (χ1n) is 11.5. The lowest BCUT2D eigenvalue weighted by molar-refractivity contribution is -0.113. The van der Waals surface area contributed by atoms with Crippen LogP contribution in [0.15, 0.2) is 115 Å². The molecular weight excluding hydrogens is 468 g/mol. The van der Waals surface area contributed by atoms with E-state index < -0.39 is 6.04 Å². The van der Waals surface area contributed by atoms with Crippen LogP contribution in [0.4, 0.5) is 5.82 Å². The fraction of sp³-hybridized carbons (Fsp3) is 0.0690. The molecule has 2 heterocycles. The van der Waals surface area contributed by atoms with Gasteiger partial charge in [0.1, 0.15) is 18.2 Å². The Morgan fingerprint density at radius 3 is 2.33 bits per heavy atom. The molecule has 0 aliphatic carbocycles. The molecule has 3 N–H and O–H groups in total. The molecule has 36 heavy (non-hydrogen) atoms. The third-order valence-electron chi connectivity index (χ3n) is 5.75. The van der Waals surface area contributed by atoms with Gasteiger partial charge < -0.3 is 20.7 Å². The molecule has 1 aliphatic heterocycles. The standard InChI is InChI=1S/C29H24N4O2S/c34-28(31-24-17-9-10-18-30-24)25-26(21-13-5-2-6-14-21)32-29(36)33-27(25)22-15-7-8-16-23(22)35-19-20-11-3-1-4-12-20/h1-18,27H,19H2,(H,30,31,34)(H2,32,33,36)/t27-/m0/s1. The summed E-state index contributed by atoms with van der Waals surface area (Å²) in [5.74, 6) is 0.833. The van der Waals surface area contributed by atoms with Gasteiger partial charge in [0.15, 0.2) is 5.11 Å². The predicted molar refractivity (Wildman–Crippen MR) is 145 cm³/mol. The van der Waals surface area contributed by atoms with E-state index in [1.165, 1.54) is 0 Å². The maximum absolute atomic E-state index is 13.8. The van der Waals surface area contributed by atoms with E-state index >= 15 is 0 Å². The zero-order valence-corrected chi connectivity index (χ0v) is 20.2. The van der Waals surface area contributed by atoms with Crippen LogP contribution >= 0.6 is 12.2 Å². The first-order chi connectivity index (χ1) is 17.7. The van der Waals surface area contributed by atoms with Gasteiger partial charge in [0.05, 0.1) is 17.3 Å². The minimum Gasteiger partial charge on any atom is -0.489 e. The van der Waals surface area contributed by atoms with Crippen molar-refractivity contribution in [3.63, 3.8) is 0 Å². The van der Waals surface area contributed by atoms with Gasteiger partial charge in [-0.25, -0.2) is 4.98 Å². The summed E-state index contributed by atoms with van der Waals surface area (Å²) in [4.78, 5) is 18.0. The van der Waals surface area contributed by atoms with Crippen LogP contribution in [0.1, 0.15) is 22.7 Å². The van der Waals surface area contributed by atoms with E-state index in [0.717, 1.165) is 16.7 Å². The van der Waals surface area contributed by atoms with E-state index in [0.29, 0.717) is 34.6 Å². The second-order valence-electron chi connectivity index (χ2n) is 8.17. The first-order valence-corrected chi connectivity index (χ1v) is 11.9. The number of nitrogens with zero attached hydrogens (tertiary/aromatic N) is 1. The molecule has 0 bridgehead atoms. The van der Waals surface area contributed by atoms with Crippen LogP contribution in [0.5, 0.6) is 5.75 Å². The number of hydrogen-bond acceptors (Lipinski definition) is 4. The number of ether oxygens (including phenoxy) is 1. The molecule has 1 atom stereocenters. The lowest BCUT2D eigenvalue weighted by atomic mass is 9.91. The maximum Gasteiger partial charge on any atom is 0.257 e. The summed E-state index contributed by atoms with van der Waals surface area (Å²) < 4.78 is 6.23. The van der Waals surface area contributed by atoms with E-state index in [1.54, 1.807) is 18.3 Å². The molecule has 0 radical (unpaired) electrons. The Kier molecular flexibility index (Phi) is 7.00. The molecule has 0 saturated heterocycles. The van der Waals surface area contributed by atoms with E-state index in [2.05, 4.69) is 20.9 Å². The molecule has 1 aliphatic rings. The number of para-hydroxylation sites is 1. The Hall–Kier alpha value is -4.49. The van der Waals surface area contributed by atoms with Gasteiger partial charge in [-0.15, -0.1) is 0 Å². The van der Waals surface area contributed by atoms with Gasteiger partial charge in [-0.3, -0.25) is 4.79 Å². The number of hydrogen-bond donors (Lipinski definition) is 3. The molecule has 6 nitrogen and oxygen atoms in total. The quantitative estimate of drug-likeness (QED) is 0.307. The first kappa shape index (κ1) is 23.3. The SMILES string of the molecule is O=C(Nc1ccccn1)C1=C(c2ccccc2)NC(=S)N[C@H]1c1ccccc1OCc1ccccc1. The highest BCUT2D eigenvalue weighted by Gasteiger charge is 2.34. The van der Waals surface area contributed by atoms with Crippen molar-refractivity contribution in [2.45, 2.75) is 12.6 Å². The largest absolute Gasteiger partial charge is 0.489 e. The van der Waals surface area contributed by atoms with Crippen LogP contribution < -0.4 is 20.7 Å². The number of nitrogens with one attached hydrogen (secondary N) is 3. The van der Waals surface area contributed by atoms with E-state index in [4.69, 9.17) is 17.0 Å². The number of pyridine rings is 1. The van der Waals surface area contributed by atoms with Gasteiger partial charge in [-0.1, -0.05) is 84.9 Å². The number of aromatic nitrogens is 1. The van der Waals surface area contributed by atoms with Gasteiger partial charge in [-0.2, -0.15) is 0 Å². The zero-order valence-electron chi connectivity index (χ0n) is 19.3. The van der Waals surface area contributed by atoms with Crippen molar-refractivity contribution in [2.24, 2.45) is 0 Å². The van der Waals surface area contributed by atoms with Crippen LogP contribution in [0.2, 0.25) is 0 Å². The molecule has 0 unspecified atom stereocenters. The topological polar surface area (TPSA) is 75.3 Å². The molecule has 0 fully saturated rings. The molecule has 1 amide bonds. The highest BCUT2D eigenvalue weighted by atomic mass is 32.1. The number of anilines is 1. The number of carbonyl (C=O) groups is 1. The molecule has 5 rings (SSSR count). The molecule has 178 valence electrons. The second kappa shape index (κ2) is 10.8. The lowest BCUT2D eigenvalue weighted by Gasteiger charge is -2.32. The summed E-state index contributed by atoms with van der Waals surface area (Å²) >= 11 is 5.57. The molecular formula is C29H24N4O2S. The number of benzene rings is 3. The second-order valence-corrected chi connectivity index (χ2v) is 8.58. The fourth-order valence-corrected chi connectivity index (χ4v) is 4.30. The normalized spacial score (nSPS) is 15.0. The molecule has 7 heteroatoms. The number of rotatable bonds is 7. The summed E-state index contributed by atoms with van der Waals surface area (Å²) in [5, 5.41) is 9.85. The molecule has 3 aromatic carbocycles. The molecule has 4 aromatic rings. The highest BCUT2D eigenvalue weighted by molar-refractivity contribution is 7.80. The van der Waals surface area contributed by atoms with Crippen molar-refractivity contribution in [3.8, 4) is 5.75 Å². The van der Waals surface area contributed by atoms with Crippen molar-refractivity contribution in [3.05, 3.63) is 132 Å². The minimum absolute atomic E-state index is 0.294. The average molecular weight is 493 g/mol. The summed E-state index contributed by atoms with van der Waals surface area (Å²) in [7, 11) is 0. The van der Waals surface area contributed by atoms with Crippen LogP contribution in [0.3, 0.4) is 0 Å². The van der Waals surface area contributed by atoms with Crippen molar-refractivity contribution < 1.29 is 9.53 Å². The third-order valence-corrected chi connectivity index (χ3v) is 5.97. The van der Waals surface area contributed by atoms with Crippen molar-refractivity contribution >= 4 is 34.8 Å². The smallest absolute Gasteiger partial charge is 0.257 e. The van der Waals surface area contributed by atoms with Gasteiger partial charge >= 0.3 is 0 Å². The predicted octanol–water partition coefficient (Wildman–Crippen LogP) is 5.23. The minimum atomic E-state index is -0.551. The van der Waals surface area contributed by atoms with Crippen LogP contribution in [0, 0.1) is 0 Å². The highest BCUT2D eigenvalue weighted by Crippen LogP contribution is 2.36. The monoisotopic (exact) mass is 492 g/mol. The van der Waals surface area contributed by atoms with E-state index in [1.807, 2.05) is 91.0 Å². The summed E-state index contributed by atoms with van der Waals surface area (Å²) in [6.45, 7) is 0.401. The van der Waals surface area contributed by atoms with Gasteiger partial charge in [-0.05, 0) is 41.5 Å². The Bertz CT molecular complexity index is 1390. The number of thiocarbonyl (C=S) groups is 1. The molecule has 1 aromatic heterocycles. The maximum atomic E-state index is 13.8. The Morgan fingerprint density at radius 2 is 1.58 bits per heavy atom. The van der Waals surface area contributed by atoms with Gasteiger partial charge in [0.2, 0.25) is 0 Å². The summed E-state index contributed by atoms with van der Waals surface area (Å²) in [6, 6.07) is 32.1. The van der Waals surface area contributed by atoms with Gasteiger partial charge in [0, 0.05) is 11.8 Å². The third kappa shape index (κ3) is 5.26. The van der Waals surface area contributed by atoms with Crippen LogP contribution in [0.25, 0.3) is 5.70 Å². The fourth-order valence-electron chi connectivity index (χ4n) is 4.08. The van der Waals surface area contributed by atoms with E-state index in [-0.39, 0.29) is 5.91 Å². The molecule has 0 spiro atoms. The van der Waals surface area contributed by atoms with Crippen LogP contribution in [-0.4, -0.2) is 16.0 Å². The molecule has 0 saturated carbocycles.